The van der Waals surface area contributed by atoms with Gasteiger partial charge in [0.05, 0.1) is 30.5 Å². The quantitative estimate of drug-likeness (QED) is 0.370. The summed E-state index contributed by atoms with van der Waals surface area (Å²) in [6.07, 6.45) is 3.75. The van der Waals surface area contributed by atoms with Gasteiger partial charge >= 0.3 is 0 Å². The Morgan fingerprint density at radius 3 is 2.37 bits per heavy atom. The number of ether oxygens (including phenoxy) is 2. The number of nitrogens with zero attached hydrogens (tertiary/aromatic N) is 3. The fourth-order valence-electron chi connectivity index (χ4n) is 3.66. The van der Waals surface area contributed by atoms with Crippen LogP contribution in [-0.2, 0) is 4.79 Å². The van der Waals surface area contributed by atoms with E-state index in [0.717, 1.165) is 22.5 Å². The summed E-state index contributed by atoms with van der Waals surface area (Å²) in [5.74, 6) is 1.03. The topological polar surface area (TPSA) is 77.7 Å². The number of nitrogens with one attached hydrogen (secondary N) is 1. The Labute approximate surface area is 207 Å². The van der Waals surface area contributed by atoms with Gasteiger partial charge in [-0.25, -0.2) is 9.67 Å². The van der Waals surface area contributed by atoms with Crippen LogP contribution in [-0.4, -0.2) is 35.1 Å². The standard InChI is InChI=1S/C27H22N4O3S/c1-33-22-14-13-18(15-23(22)34-2)25-19(17-31(30-25)21-11-7-4-8-12-21)16-24-26(32)29-27(35-24)28-20-9-5-3-6-10-20/h3-17H,1-2H3,(H,28,29,32)/b24-16-. The van der Waals surface area contributed by atoms with Crippen LogP contribution in [0.25, 0.3) is 23.0 Å². The molecule has 1 aromatic heterocycles. The van der Waals surface area contributed by atoms with Gasteiger partial charge in [-0.3, -0.25) is 4.79 Å². The molecule has 0 unspecified atom stereocenters. The predicted octanol–water partition coefficient (Wildman–Crippen LogP) is 5.45. The molecule has 0 aliphatic carbocycles. The van der Waals surface area contributed by atoms with E-state index in [1.54, 1.807) is 18.9 Å². The number of carbonyl (C=O) groups is 1. The zero-order chi connectivity index (χ0) is 24.2. The van der Waals surface area contributed by atoms with Gasteiger partial charge in [-0.05, 0) is 60.3 Å². The summed E-state index contributed by atoms with van der Waals surface area (Å²) in [6, 6.07) is 25.0. The number of amidine groups is 1. The van der Waals surface area contributed by atoms with Crippen LogP contribution in [0.3, 0.4) is 0 Å². The highest BCUT2D eigenvalue weighted by molar-refractivity contribution is 8.18. The monoisotopic (exact) mass is 482 g/mol. The summed E-state index contributed by atoms with van der Waals surface area (Å²) in [4.78, 5) is 17.8. The molecule has 4 aromatic rings. The lowest BCUT2D eigenvalue weighted by Gasteiger charge is -2.09. The van der Waals surface area contributed by atoms with Crippen molar-refractivity contribution in [1.29, 1.82) is 0 Å². The Morgan fingerprint density at radius 2 is 1.66 bits per heavy atom. The van der Waals surface area contributed by atoms with Crippen molar-refractivity contribution in [2.75, 3.05) is 14.2 Å². The van der Waals surface area contributed by atoms with Gasteiger partial charge in [-0.15, -0.1) is 0 Å². The van der Waals surface area contributed by atoms with E-state index in [1.807, 2.05) is 91.1 Å². The molecule has 1 fully saturated rings. The van der Waals surface area contributed by atoms with Gasteiger partial charge < -0.3 is 14.8 Å². The number of rotatable bonds is 6. The second kappa shape index (κ2) is 9.90. The summed E-state index contributed by atoms with van der Waals surface area (Å²) in [5, 5.41) is 8.22. The lowest BCUT2D eigenvalue weighted by Crippen LogP contribution is -2.19. The van der Waals surface area contributed by atoms with Crippen molar-refractivity contribution >= 4 is 34.6 Å². The summed E-state index contributed by atoms with van der Waals surface area (Å²) in [5.41, 5.74) is 4.03. The molecule has 1 amide bonds. The van der Waals surface area contributed by atoms with Crippen LogP contribution in [0.4, 0.5) is 5.69 Å². The van der Waals surface area contributed by atoms with Gasteiger partial charge in [0.2, 0.25) is 0 Å². The van der Waals surface area contributed by atoms with Crippen LogP contribution in [0.5, 0.6) is 11.5 Å². The Morgan fingerprint density at radius 1 is 0.943 bits per heavy atom. The number of hydrogen-bond donors (Lipinski definition) is 1. The van der Waals surface area contributed by atoms with E-state index in [-0.39, 0.29) is 5.91 Å². The lowest BCUT2D eigenvalue weighted by molar-refractivity contribution is -0.115. The third-order valence-corrected chi connectivity index (χ3v) is 6.25. The molecule has 3 aromatic carbocycles. The molecule has 0 bridgehead atoms. The van der Waals surface area contributed by atoms with Gasteiger partial charge in [0, 0.05) is 17.3 Å². The molecule has 0 spiro atoms. The van der Waals surface area contributed by atoms with Gasteiger partial charge in [0.1, 0.15) is 5.69 Å². The number of methoxy groups -OCH3 is 2. The fraction of sp³-hybridized carbons (Fsp3) is 0.0741. The molecule has 5 rings (SSSR count). The zero-order valence-corrected chi connectivity index (χ0v) is 20.0. The molecule has 1 saturated heterocycles. The first-order valence-corrected chi connectivity index (χ1v) is 11.7. The number of para-hydroxylation sites is 2. The molecule has 1 aliphatic heterocycles. The van der Waals surface area contributed by atoms with Gasteiger partial charge in [-0.2, -0.15) is 5.10 Å². The Hall–Kier alpha value is -4.30. The van der Waals surface area contributed by atoms with Crippen molar-refractivity contribution in [3.8, 4) is 28.4 Å². The average molecular weight is 483 g/mol. The Bertz CT molecular complexity index is 1430. The number of aromatic nitrogens is 2. The van der Waals surface area contributed by atoms with E-state index in [4.69, 9.17) is 14.6 Å². The molecule has 0 atom stereocenters. The first-order valence-electron chi connectivity index (χ1n) is 10.9. The zero-order valence-electron chi connectivity index (χ0n) is 19.1. The SMILES string of the molecule is COc1ccc(-c2nn(-c3ccccc3)cc2/C=C2\SC(=Nc3ccccc3)NC2=O)cc1OC. The van der Waals surface area contributed by atoms with E-state index in [9.17, 15) is 4.79 Å². The largest absolute Gasteiger partial charge is 0.493 e. The predicted molar refractivity (Wildman–Crippen MR) is 139 cm³/mol. The third kappa shape index (κ3) is 4.83. The summed E-state index contributed by atoms with van der Waals surface area (Å²) in [7, 11) is 3.20. The minimum absolute atomic E-state index is 0.199. The second-order valence-electron chi connectivity index (χ2n) is 7.60. The van der Waals surface area contributed by atoms with Crippen molar-refractivity contribution in [2.24, 2.45) is 4.99 Å². The molecule has 8 heteroatoms. The highest BCUT2D eigenvalue weighted by Gasteiger charge is 2.25. The maximum atomic E-state index is 12.7. The minimum Gasteiger partial charge on any atom is -0.493 e. The molecule has 174 valence electrons. The molecular formula is C27H22N4O3S. The lowest BCUT2D eigenvalue weighted by atomic mass is 10.1. The second-order valence-corrected chi connectivity index (χ2v) is 8.63. The average Bonchev–Trinajstić information content (AvgIpc) is 3.47. The van der Waals surface area contributed by atoms with Crippen LogP contribution in [0.2, 0.25) is 0 Å². The van der Waals surface area contributed by atoms with E-state index in [2.05, 4.69) is 10.3 Å². The molecule has 7 nitrogen and oxygen atoms in total. The fourth-order valence-corrected chi connectivity index (χ4v) is 4.49. The first-order chi connectivity index (χ1) is 17.1. The van der Waals surface area contributed by atoms with E-state index in [1.165, 1.54) is 11.8 Å². The number of amides is 1. The minimum atomic E-state index is -0.199. The van der Waals surface area contributed by atoms with E-state index >= 15 is 0 Å². The van der Waals surface area contributed by atoms with Crippen LogP contribution >= 0.6 is 11.8 Å². The van der Waals surface area contributed by atoms with Crippen LogP contribution in [0, 0.1) is 0 Å². The van der Waals surface area contributed by atoms with Crippen molar-refractivity contribution in [3.63, 3.8) is 0 Å². The Balaban J connectivity index is 1.56. The number of carbonyl (C=O) groups excluding carboxylic acids is 1. The van der Waals surface area contributed by atoms with Crippen molar-refractivity contribution in [3.05, 3.63) is 95.5 Å². The number of benzene rings is 3. The van der Waals surface area contributed by atoms with E-state index < -0.39 is 0 Å². The number of hydrogen-bond acceptors (Lipinski definition) is 6. The normalized spacial score (nSPS) is 15.4. The highest BCUT2D eigenvalue weighted by Crippen LogP contribution is 2.35. The van der Waals surface area contributed by atoms with Gasteiger partial charge in [-0.1, -0.05) is 36.4 Å². The smallest absolute Gasteiger partial charge is 0.264 e. The number of aliphatic imine (C=N–C) groups is 1. The van der Waals surface area contributed by atoms with Crippen molar-refractivity contribution in [1.82, 2.24) is 15.1 Å². The first kappa shape index (κ1) is 22.5. The van der Waals surface area contributed by atoms with Crippen LogP contribution in [0.15, 0.2) is 95.0 Å². The summed E-state index contributed by atoms with van der Waals surface area (Å²) >= 11 is 1.30. The van der Waals surface area contributed by atoms with Crippen molar-refractivity contribution < 1.29 is 14.3 Å². The number of thioether (sulfide) groups is 1. The summed E-state index contributed by atoms with van der Waals surface area (Å²) in [6.45, 7) is 0. The molecule has 1 aliphatic rings. The van der Waals surface area contributed by atoms with E-state index in [0.29, 0.717) is 27.3 Å². The maximum absolute atomic E-state index is 12.7. The summed E-state index contributed by atoms with van der Waals surface area (Å²) < 4.78 is 12.7. The van der Waals surface area contributed by atoms with Crippen LogP contribution in [0.1, 0.15) is 5.56 Å². The van der Waals surface area contributed by atoms with Gasteiger partial charge in [0.25, 0.3) is 5.91 Å². The molecular weight excluding hydrogens is 460 g/mol. The van der Waals surface area contributed by atoms with Gasteiger partial charge in [0.15, 0.2) is 16.7 Å². The molecule has 1 N–H and O–H groups in total. The molecule has 0 saturated carbocycles. The highest BCUT2D eigenvalue weighted by atomic mass is 32.2. The molecule has 0 radical (unpaired) electrons. The third-order valence-electron chi connectivity index (χ3n) is 5.34. The van der Waals surface area contributed by atoms with Crippen LogP contribution < -0.4 is 14.8 Å². The maximum Gasteiger partial charge on any atom is 0.264 e. The molecule has 35 heavy (non-hydrogen) atoms. The Kier molecular flexibility index (Phi) is 6.36. The van der Waals surface area contributed by atoms with Crippen molar-refractivity contribution in [2.45, 2.75) is 0 Å². The molecule has 2 heterocycles.